The van der Waals surface area contributed by atoms with Gasteiger partial charge >= 0.3 is 0 Å². The molecule has 0 N–H and O–H groups in total. The molecule has 4 aromatic rings. The molecular weight excluding hydrogens is 424 g/mol. The molecule has 4 heteroatoms. The lowest BCUT2D eigenvalue weighted by atomic mass is 9.99. The van der Waals surface area contributed by atoms with Gasteiger partial charge in [0.15, 0.2) is 0 Å². The van der Waals surface area contributed by atoms with Crippen LogP contribution >= 0.6 is 11.8 Å². The highest BCUT2D eigenvalue weighted by Crippen LogP contribution is 2.34. The van der Waals surface area contributed by atoms with Crippen LogP contribution in [0.5, 0.6) is 5.75 Å². The first-order valence-corrected chi connectivity index (χ1v) is 12.1. The van der Waals surface area contributed by atoms with E-state index in [0.717, 1.165) is 51.8 Å². The van der Waals surface area contributed by atoms with Crippen LogP contribution < -0.4 is 4.74 Å². The summed E-state index contributed by atoms with van der Waals surface area (Å²) in [4.78, 5) is 4.88. The number of aryl methyl sites for hydroxylation is 1. The molecule has 1 aromatic heterocycles. The van der Waals surface area contributed by atoms with Gasteiger partial charge in [-0.25, -0.2) is 4.98 Å². The van der Waals surface area contributed by atoms with Crippen molar-refractivity contribution in [2.75, 3.05) is 12.4 Å². The van der Waals surface area contributed by atoms with Gasteiger partial charge in [0.1, 0.15) is 16.8 Å². The van der Waals surface area contributed by atoms with Gasteiger partial charge in [0.2, 0.25) is 0 Å². The maximum absolute atomic E-state index is 9.99. The normalized spacial score (nSPS) is 10.5. The van der Waals surface area contributed by atoms with Crippen molar-refractivity contribution in [3.8, 4) is 34.2 Å². The third-order valence-electron chi connectivity index (χ3n) is 5.32. The van der Waals surface area contributed by atoms with Crippen LogP contribution in [0.3, 0.4) is 0 Å². The maximum atomic E-state index is 9.99. The fourth-order valence-corrected chi connectivity index (χ4v) is 4.54. The van der Waals surface area contributed by atoms with Crippen molar-refractivity contribution in [2.24, 2.45) is 0 Å². The van der Waals surface area contributed by atoms with Gasteiger partial charge < -0.3 is 4.74 Å². The van der Waals surface area contributed by atoms with Crippen molar-refractivity contribution >= 4 is 11.8 Å². The summed E-state index contributed by atoms with van der Waals surface area (Å²) in [6.07, 6.45) is 1.94. The number of hydrogen-bond acceptors (Lipinski definition) is 4. The molecule has 1 heterocycles. The van der Waals surface area contributed by atoms with Crippen molar-refractivity contribution in [3.05, 3.63) is 102 Å². The Balaban J connectivity index is 1.48. The van der Waals surface area contributed by atoms with Gasteiger partial charge in [-0.3, -0.25) is 0 Å². The van der Waals surface area contributed by atoms with Crippen LogP contribution in [0.4, 0.5) is 0 Å². The molecular formula is C29H26N2OS. The average Bonchev–Trinajstić information content (AvgIpc) is 2.87. The molecule has 0 fully saturated rings. The van der Waals surface area contributed by atoms with Gasteiger partial charge in [0.05, 0.1) is 17.9 Å². The zero-order chi connectivity index (χ0) is 22.9. The SMILES string of the molecule is Cc1ccc(OCCCCSc2nc(-c3ccccc3)cc(-c3ccccc3)c2C#N)cc1. The van der Waals surface area contributed by atoms with E-state index in [1.165, 1.54) is 5.56 Å². The predicted molar refractivity (Wildman–Crippen MR) is 136 cm³/mol. The van der Waals surface area contributed by atoms with Gasteiger partial charge in [0, 0.05) is 11.1 Å². The number of pyridine rings is 1. The molecule has 0 spiro atoms. The van der Waals surface area contributed by atoms with Crippen LogP contribution in [0.15, 0.2) is 96.0 Å². The molecule has 0 unspecified atom stereocenters. The molecule has 3 aromatic carbocycles. The monoisotopic (exact) mass is 450 g/mol. The largest absolute Gasteiger partial charge is 0.494 e. The number of nitrogens with zero attached hydrogens (tertiary/aromatic N) is 2. The summed E-state index contributed by atoms with van der Waals surface area (Å²) in [5, 5.41) is 10.8. The number of unbranched alkanes of at least 4 members (excludes halogenated alkanes) is 1. The number of thioether (sulfide) groups is 1. The summed E-state index contributed by atoms with van der Waals surface area (Å²) in [5.41, 5.74) is 5.76. The molecule has 33 heavy (non-hydrogen) atoms. The first kappa shape index (κ1) is 22.6. The lowest BCUT2D eigenvalue weighted by Gasteiger charge is -2.13. The number of aromatic nitrogens is 1. The third-order valence-corrected chi connectivity index (χ3v) is 6.38. The van der Waals surface area contributed by atoms with Crippen molar-refractivity contribution in [1.82, 2.24) is 4.98 Å². The Morgan fingerprint density at radius 1 is 0.848 bits per heavy atom. The molecule has 0 bridgehead atoms. The van der Waals surface area contributed by atoms with Crippen LogP contribution in [-0.2, 0) is 0 Å². The van der Waals surface area contributed by atoms with Gasteiger partial charge in [-0.15, -0.1) is 11.8 Å². The van der Waals surface area contributed by atoms with Gasteiger partial charge in [-0.1, -0.05) is 78.4 Å². The standard InChI is InChI=1S/C29H26N2OS/c1-22-14-16-25(17-15-22)32-18-8-9-19-33-29-27(21-30)26(23-10-4-2-5-11-23)20-28(31-29)24-12-6-3-7-13-24/h2-7,10-17,20H,8-9,18-19H2,1H3. The molecule has 0 radical (unpaired) electrons. The fourth-order valence-electron chi connectivity index (χ4n) is 3.53. The second-order valence-electron chi connectivity index (χ2n) is 7.80. The molecule has 164 valence electrons. The molecule has 0 amide bonds. The Morgan fingerprint density at radius 3 is 2.18 bits per heavy atom. The highest BCUT2D eigenvalue weighted by atomic mass is 32.2. The molecule has 4 rings (SSSR count). The second-order valence-corrected chi connectivity index (χ2v) is 8.88. The van der Waals surface area contributed by atoms with Crippen LogP contribution in [-0.4, -0.2) is 17.3 Å². The molecule has 0 atom stereocenters. The van der Waals surface area contributed by atoms with E-state index >= 15 is 0 Å². The van der Waals surface area contributed by atoms with E-state index in [9.17, 15) is 5.26 Å². The molecule has 3 nitrogen and oxygen atoms in total. The van der Waals surface area contributed by atoms with Crippen molar-refractivity contribution < 1.29 is 4.74 Å². The summed E-state index contributed by atoms with van der Waals surface area (Å²) >= 11 is 1.65. The first-order valence-electron chi connectivity index (χ1n) is 11.1. The molecule has 0 saturated heterocycles. The van der Waals surface area contributed by atoms with Crippen LogP contribution in [0.2, 0.25) is 0 Å². The topological polar surface area (TPSA) is 45.9 Å². The zero-order valence-electron chi connectivity index (χ0n) is 18.7. The number of ether oxygens (including phenoxy) is 1. The van der Waals surface area contributed by atoms with Gasteiger partial charge in [0.25, 0.3) is 0 Å². The minimum atomic E-state index is 0.641. The quantitative estimate of drug-likeness (QED) is 0.195. The molecule has 0 saturated carbocycles. The Morgan fingerprint density at radius 2 is 1.52 bits per heavy atom. The van der Waals surface area contributed by atoms with E-state index in [-0.39, 0.29) is 0 Å². The smallest absolute Gasteiger partial charge is 0.119 e. The van der Waals surface area contributed by atoms with Crippen molar-refractivity contribution in [3.63, 3.8) is 0 Å². The number of nitriles is 1. The Labute approximate surface area is 200 Å². The lowest BCUT2D eigenvalue weighted by molar-refractivity contribution is 0.310. The summed E-state index contributed by atoms with van der Waals surface area (Å²) in [6.45, 7) is 2.75. The zero-order valence-corrected chi connectivity index (χ0v) is 19.5. The van der Waals surface area contributed by atoms with E-state index < -0.39 is 0 Å². The fraction of sp³-hybridized carbons (Fsp3) is 0.172. The van der Waals surface area contributed by atoms with Crippen molar-refractivity contribution in [1.29, 1.82) is 5.26 Å². The van der Waals surface area contributed by atoms with Crippen LogP contribution in [0, 0.1) is 18.3 Å². The second kappa shape index (κ2) is 11.4. The van der Waals surface area contributed by atoms with Crippen LogP contribution in [0.1, 0.15) is 24.0 Å². The number of hydrogen-bond donors (Lipinski definition) is 0. The molecule has 0 aliphatic heterocycles. The Bertz CT molecular complexity index is 1220. The lowest BCUT2D eigenvalue weighted by Crippen LogP contribution is -1.99. The maximum Gasteiger partial charge on any atom is 0.119 e. The Kier molecular flexibility index (Phi) is 7.79. The van der Waals surface area contributed by atoms with E-state index in [0.29, 0.717) is 12.2 Å². The van der Waals surface area contributed by atoms with E-state index in [2.05, 4.69) is 37.3 Å². The van der Waals surface area contributed by atoms with Crippen molar-refractivity contribution in [2.45, 2.75) is 24.8 Å². The highest BCUT2D eigenvalue weighted by Gasteiger charge is 2.15. The van der Waals surface area contributed by atoms with E-state index in [4.69, 9.17) is 9.72 Å². The van der Waals surface area contributed by atoms with Gasteiger partial charge in [-0.2, -0.15) is 5.26 Å². The summed E-state index contributed by atoms with van der Waals surface area (Å²) < 4.78 is 5.83. The number of benzene rings is 3. The average molecular weight is 451 g/mol. The minimum absolute atomic E-state index is 0.641. The van der Waals surface area contributed by atoms with E-state index in [1.54, 1.807) is 11.8 Å². The summed E-state index contributed by atoms with van der Waals surface area (Å²) in [6, 6.07) is 32.8. The Hall–Kier alpha value is -3.55. The molecule has 0 aliphatic rings. The molecule has 0 aliphatic carbocycles. The van der Waals surface area contributed by atoms with Crippen LogP contribution in [0.25, 0.3) is 22.4 Å². The minimum Gasteiger partial charge on any atom is -0.494 e. The third kappa shape index (κ3) is 6.03. The highest BCUT2D eigenvalue weighted by molar-refractivity contribution is 7.99. The predicted octanol–water partition coefficient (Wildman–Crippen LogP) is 7.55. The van der Waals surface area contributed by atoms with Gasteiger partial charge in [-0.05, 0) is 49.3 Å². The summed E-state index contributed by atoms with van der Waals surface area (Å²) in [7, 11) is 0. The number of rotatable bonds is 9. The van der Waals surface area contributed by atoms with E-state index in [1.807, 2.05) is 66.7 Å². The summed E-state index contributed by atoms with van der Waals surface area (Å²) in [5.74, 6) is 1.79. The first-order chi connectivity index (χ1) is 16.2.